The van der Waals surface area contributed by atoms with Gasteiger partial charge in [0.25, 0.3) is 5.56 Å². The van der Waals surface area contributed by atoms with Crippen molar-refractivity contribution in [2.45, 2.75) is 0 Å². The van der Waals surface area contributed by atoms with E-state index < -0.39 is 0 Å². The molecule has 0 unspecified atom stereocenters. The Labute approximate surface area is 81.5 Å². The maximum atomic E-state index is 11.7. The summed E-state index contributed by atoms with van der Waals surface area (Å²) in [6, 6.07) is 9.48. The second-order valence-electron chi connectivity index (χ2n) is 3.14. The quantitative estimate of drug-likeness (QED) is 0.681. The fraction of sp³-hybridized carbons (Fsp3) is 0.182. The molecule has 0 atom stereocenters. The minimum absolute atomic E-state index is 0.105. The standard InChI is InChI=1S/C11H11NO2/c1-12-9-6-4-3-5-8(9)7-10(14-2)11(12)13/h3-7H,1-2H3. The van der Waals surface area contributed by atoms with Gasteiger partial charge in [0.2, 0.25) is 0 Å². The molecule has 0 aliphatic heterocycles. The second kappa shape index (κ2) is 3.18. The zero-order chi connectivity index (χ0) is 10.1. The van der Waals surface area contributed by atoms with Gasteiger partial charge in [-0.2, -0.15) is 0 Å². The van der Waals surface area contributed by atoms with Crippen LogP contribution in [0.5, 0.6) is 5.75 Å². The third kappa shape index (κ3) is 1.18. The number of methoxy groups -OCH3 is 1. The lowest BCUT2D eigenvalue weighted by Crippen LogP contribution is -2.18. The molecule has 14 heavy (non-hydrogen) atoms. The molecule has 0 amide bonds. The summed E-state index contributed by atoms with van der Waals surface area (Å²) < 4.78 is 6.59. The molecule has 0 bridgehead atoms. The third-order valence-electron chi connectivity index (χ3n) is 2.32. The zero-order valence-corrected chi connectivity index (χ0v) is 8.15. The highest BCUT2D eigenvalue weighted by Gasteiger charge is 2.04. The predicted octanol–water partition coefficient (Wildman–Crippen LogP) is 1.55. The van der Waals surface area contributed by atoms with E-state index in [1.54, 1.807) is 17.7 Å². The summed E-state index contributed by atoms with van der Waals surface area (Å²) in [7, 11) is 3.25. The van der Waals surface area contributed by atoms with Crippen molar-refractivity contribution in [3.05, 3.63) is 40.7 Å². The first-order chi connectivity index (χ1) is 6.74. The first-order valence-electron chi connectivity index (χ1n) is 4.37. The number of nitrogens with zero attached hydrogens (tertiary/aromatic N) is 1. The summed E-state index contributed by atoms with van der Waals surface area (Å²) in [5.74, 6) is 0.381. The van der Waals surface area contributed by atoms with Crippen LogP contribution in [0.2, 0.25) is 0 Å². The lowest BCUT2D eigenvalue weighted by molar-refractivity contribution is 0.406. The number of pyridine rings is 1. The van der Waals surface area contributed by atoms with Crippen molar-refractivity contribution in [2.24, 2.45) is 7.05 Å². The topological polar surface area (TPSA) is 31.2 Å². The molecule has 0 N–H and O–H groups in total. The van der Waals surface area contributed by atoms with Crippen LogP contribution < -0.4 is 10.3 Å². The monoisotopic (exact) mass is 189 g/mol. The maximum absolute atomic E-state index is 11.7. The number of aryl methyl sites for hydroxylation is 1. The molecule has 2 aromatic rings. The summed E-state index contributed by atoms with van der Waals surface area (Å²) in [5.41, 5.74) is 0.810. The predicted molar refractivity (Wildman–Crippen MR) is 55.7 cm³/mol. The molecule has 1 aromatic carbocycles. The van der Waals surface area contributed by atoms with E-state index in [0.717, 1.165) is 10.9 Å². The molecule has 0 aliphatic rings. The number of hydrogen-bond acceptors (Lipinski definition) is 2. The fourth-order valence-corrected chi connectivity index (χ4v) is 1.54. The van der Waals surface area contributed by atoms with Crippen LogP contribution >= 0.6 is 0 Å². The van der Waals surface area contributed by atoms with Gasteiger partial charge < -0.3 is 9.30 Å². The van der Waals surface area contributed by atoms with Gasteiger partial charge in [-0.1, -0.05) is 18.2 Å². The molecule has 0 aliphatic carbocycles. The van der Waals surface area contributed by atoms with Crippen LogP contribution in [0.1, 0.15) is 0 Å². The van der Waals surface area contributed by atoms with E-state index in [2.05, 4.69) is 0 Å². The zero-order valence-electron chi connectivity index (χ0n) is 8.15. The van der Waals surface area contributed by atoms with E-state index in [-0.39, 0.29) is 5.56 Å². The molecule has 72 valence electrons. The van der Waals surface area contributed by atoms with E-state index in [4.69, 9.17) is 4.74 Å². The molecule has 0 saturated carbocycles. The number of aromatic nitrogens is 1. The van der Waals surface area contributed by atoms with Crippen LogP contribution in [-0.2, 0) is 7.05 Å². The summed E-state index contributed by atoms with van der Waals surface area (Å²) in [4.78, 5) is 11.7. The van der Waals surface area contributed by atoms with Crippen LogP contribution in [0.3, 0.4) is 0 Å². The Balaban J connectivity index is 2.92. The molecule has 1 aromatic heterocycles. The lowest BCUT2D eigenvalue weighted by atomic mass is 10.2. The van der Waals surface area contributed by atoms with Crippen molar-refractivity contribution in [3.8, 4) is 5.75 Å². The summed E-state index contributed by atoms with van der Waals surface area (Å²) >= 11 is 0. The minimum atomic E-state index is -0.105. The number of benzene rings is 1. The van der Waals surface area contributed by atoms with Gasteiger partial charge in [0.15, 0.2) is 5.75 Å². The number of fused-ring (bicyclic) bond motifs is 1. The summed E-state index contributed by atoms with van der Waals surface area (Å²) in [6.45, 7) is 0. The molecule has 3 nitrogen and oxygen atoms in total. The highest BCUT2D eigenvalue weighted by atomic mass is 16.5. The van der Waals surface area contributed by atoms with Crippen molar-refractivity contribution in [1.82, 2.24) is 4.57 Å². The van der Waals surface area contributed by atoms with E-state index in [1.165, 1.54) is 7.11 Å². The minimum Gasteiger partial charge on any atom is -0.491 e. The average molecular weight is 189 g/mol. The van der Waals surface area contributed by atoms with E-state index in [1.807, 2.05) is 24.3 Å². The number of ether oxygens (including phenoxy) is 1. The van der Waals surface area contributed by atoms with Crippen LogP contribution in [0.15, 0.2) is 35.1 Å². The maximum Gasteiger partial charge on any atom is 0.293 e. The smallest absolute Gasteiger partial charge is 0.293 e. The highest BCUT2D eigenvalue weighted by Crippen LogP contribution is 2.15. The molecule has 2 rings (SSSR count). The third-order valence-corrected chi connectivity index (χ3v) is 2.32. The van der Waals surface area contributed by atoms with Crippen molar-refractivity contribution in [2.75, 3.05) is 7.11 Å². The van der Waals surface area contributed by atoms with Crippen LogP contribution in [0.25, 0.3) is 10.9 Å². The van der Waals surface area contributed by atoms with Gasteiger partial charge in [0.1, 0.15) is 0 Å². The van der Waals surface area contributed by atoms with E-state index in [0.29, 0.717) is 5.75 Å². The molecular weight excluding hydrogens is 178 g/mol. The molecule has 0 fully saturated rings. The molecule has 3 heteroatoms. The van der Waals surface area contributed by atoms with Gasteiger partial charge in [-0.25, -0.2) is 0 Å². The Morgan fingerprint density at radius 3 is 2.71 bits per heavy atom. The fourth-order valence-electron chi connectivity index (χ4n) is 1.54. The van der Waals surface area contributed by atoms with Gasteiger partial charge in [0, 0.05) is 12.4 Å². The van der Waals surface area contributed by atoms with Crippen LogP contribution in [0, 0.1) is 0 Å². The summed E-state index contributed by atoms with van der Waals surface area (Å²) in [6.07, 6.45) is 0. The Bertz CT molecular complexity index is 528. The van der Waals surface area contributed by atoms with Gasteiger partial charge >= 0.3 is 0 Å². The molecule has 1 heterocycles. The van der Waals surface area contributed by atoms with Gasteiger partial charge in [-0.05, 0) is 12.1 Å². The van der Waals surface area contributed by atoms with Gasteiger partial charge in [-0.15, -0.1) is 0 Å². The van der Waals surface area contributed by atoms with Crippen molar-refractivity contribution >= 4 is 10.9 Å². The van der Waals surface area contributed by atoms with Crippen molar-refractivity contribution in [3.63, 3.8) is 0 Å². The second-order valence-corrected chi connectivity index (χ2v) is 3.14. The Morgan fingerprint density at radius 2 is 2.00 bits per heavy atom. The van der Waals surface area contributed by atoms with E-state index >= 15 is 0 Å². The van der Waals surface area contributed by atoms with Crippen molar-refractivity contribution in [1.29, 1.82) is 0 Å². The molecule has 0 spiro atoms. The van der Waals surface area contributed by atoms with Crippen LogP contribution in [-0.4, -0.2) is 11.7 Å². The van der Waals surface area contributed by atoms with Crippen LogP contribution in [0.4, 0.5) is 0 Å². The average Bonchev–Trinajstić information content (AvgIpc) is 2.23. The van der Waals surface area contributed by atoms with Gasteiger partial charge in [-0.3, -0.25) is 4.79 Å². The van der Waals surface area contributed by atoms with Crippen molar-refractivity contribution < 1.29 is 4.74 Å². The molecule has 0 radical (unpaired) electrons. The highest BCUT2D eigenvalue weighted by molar-refractivity contribution is 5.80. The first kappa shape index (κ1) is 8.81. The molecule has 0 saturated heterocycles. The number of para-hydroxylation sites is 1. The Morgan fingerprint density at radius 1 is 1.29 bits per heavy atom. The normalized spacial score (nSPS) is 10.4. The van der Waals surface area contributed by atoms with E-state index in [9.17, 15) is 4.79 Å². The Hall–Kier alpha value is -1.77. The first-order valence-corrected chi connectivity index (χ1v) is 4.37. The SMILES string of the molecule is COc1cc2ccccc2n(C)c1=O. The molecular formula is C11H11NO2. The number of rotatable bonds is 1. The largest absolute Gasteiger partial charge is 0.491 e. The summed E-state index contributed by atoms with van der Waals surface area (Å²) in [5, 5.41) is 1.01. The number of hydrogen-bond donors (Lipinski definition) is 0. The van der Waals surface area contributed by atoms with Gasteiger partial charge in [0.05, 0.1) is 12.6 Å². The Kier molecular flexibility index (Phi) is 2.00. The lowest BCUT2D eigenvalue weighted by Gasteiger charge is -2.06.